The Labute approximate surface area is 180 Å². The molecule has 2 aromatic carbocycles. The van der Waals surface area contributed by atoms with Gasteiger partial charge in [-0.05, 0) is 50.2 Å². The summed E-state index contributed by atoms with van der Waals surface area (Å²) in [6, 6.07) is 15.7. The molecule has 1 heterocycles. The Hall–Kier alpha value is -3.06. The summed E-state index contributed by atoms with van der Waals surface area (Å²) in [5.74, 6) is 0.278. The Bertz CT molecular complexity index is 1040. The van der Waals surface area contributed by atoms with Gasteiger partial charge in [0.15, 0.2) is 0 Å². The highest BCUT2D eigenvalue weighted by atomic mass is 32.2. The minimum atomic E-state index is -0.786. The standard InChI is InChI=1S/C23H24N2O4S/c1-4-29-17-10-11-19-18(13-17)21(12-15(2)24-19)30-14-20(23(27)28-3)25-22(26)16-8-6-5-7-9-16/h5-13,20H,4,14H2,1-3H3,(H,25,26). The Morgan fingerprint density at radius 1 is 1.13 bits per heavy atom. The van der Waals surface area contributed by atoms with E-state index in [0.29, 0.717) is 17.9 Å². The first-order valence-corrected chi connectivity index (χ1v) is 10.6. The predicted octanol–water partition coefficient (Wildman–Crippen LogP) is 4.01. The number of aryl methyl sites for hydroxylation is 1. The monoisotopic (exact) mass is 424 g/mol. The lowest BCUT2D eigenvalue weighted by molar-refractivity contribution is -0.142. The number of pyridine rings is 1. The highest BCUT2D eigenvalue weighted by molar-refractivity contribution is 7.99. The molecule has 6 nitrogen and oxygen atoms in total. The van der Waals surface area contributed by atoms with Crippen LogP contribution >= 0.6 is 11.8 Å². The molecule has 0 aliphatic carbocycles. The summed E-state index contributed by atoms with van der Waals surface area (Å²) in [7, 11) is 1.31. The molecule has 0 aliphatic heterocycles. The number of aromatic nitrogens is 1. The Balaban J connectivity index is 1.82. The van der Waals surface area contributed by atoms with Gasteiger partial charge in [-0.25, -0.2) is 4.79 Å². The maximum Gasteiger partial charge on any atom is 0.329 e. The summed E-state index contributed by atoms with van der Waals surface area (Å²) in [5, 5.41) is 3.71. The zero-order valence-electron chi connectivity index (χ0n) is 17.2. The lowest BCUT2D eigenvalue weighted by atomic mass is 10.2. The Morgan fingerprint density at radius 3 is 2.60 bits per heavy atom. The van der Waals surface area contributed by atoms with Crippen LogP contribution in [0.15, 0.2) is 59.5 Å². The minimum absolute atomic E-state index is 0.319. The number of rotatable bonds is 8. The molecular weight excluding hydrogens is 400 g/mol. The van der Waals surface area contributed by atoms with Crippen LogP contribution in [0.2, 0.25) is 0 Å². The van der Waals surface area contributed by atoms with Crippen LogP contribution in [0.1, 0.15) is 23.0 Å². The number of benzene rings is 2. The number of amides is 1. The summed E-state index contributed by atoms with van der Waals surface area (Å²) in [6.07, 6.45) is 0. The van der Waals surface area contributed by atoms with Gasteiger partial charge in [-0.2, -0.15) is 0 Å². The number of esters is 1. The van der Waals surface area contributed by atoms with Crippen molar-refractivity contribution in [3.05, 3.63) is 65.9 Å². The van der Waals surface area contributed by atoms with Gasteiger partial charge in [0.2, 0.25) is 0 Å². The zero-order valence-corrected chi connectivity index (χ0v) is 18.0. The summed E-state index contributed by atoms with van der Waals surface area (Å²) < 4.78 is 10.5. The van der Waals surface area contributed by atoms with Gasteiger partial charge >= 0.3 is 5.97 Å². The van der Waals surface area contributed by atoms with Crippen molar-refractivity contribution in [1.29, 1.82) is 0 Å². The fourth-order valence-corrected chi connectivity index (χ4v) is 4.13. The van der Waals surface area contributed by atoms with Gasteiger partial charge < -0.3 is 14.8 Å². The lowest BCUT2D eigenvalue weighted by Crippen LogP contribution is -2.43. The molecule has 1 amide bonds. The Kier molecular flexibility index (Phi) is 7.30. The molecule has 156 valence electrons. The van der Waals surface area contributed by atoms with Gasteiger partial charge in [-0.1, -0.05) is 18.2 Å². The molecule has 0 bridgehead atoms. The number of nitrogens with one attached hydrogen (secondary N) is 1. The second-order valence-corrected chi connectivity index (χ2v) is 7.66. The second-order valence-electron chi connectivity index (χ2n) is 6.60. The van der Waals surface area contributed by atoms with Crippen LogP contribution in [-0.4, -0.2) is 42.4 Å². The quantitative estimate of drug-likeness (QED) is 0.435. The van der Waals surface area contributed by atoms with Crippen molar-refractivity contribution in [2.24, 2.45) is 0 Å². The minimum Gasteiger partial charge on any atom is -0.494 e. The number of thioether (sulfide) groups is 1. The van der Waals surface area contributed by atoms with Crippen molar-refractivity contribution in [2.75, 3.05) is 19.5 Å². The van der Waals surface area contributed by atoms with Crippen LogP contribution in [0.4, 0.5) is 0 Å². The number of fused-ring (bicyclic) bond motifs is 1. The summed E-state index contributed by atoms with van der Waals surface area (Å²) in [6.45, 7) is 4.43. The molecule has 0 saturated heterocycles. The van der Waals surface area contributed by atoms with Crippen molar-refractivity contribution in [3.8, 4) is 5.75 Å². The molecule has 1 aromatic heterocycles. The van der Waals surface area contributed by atoms with Crippen LogP contribution in [0.5, 0.6) is 5.75 Å². The molecule has 0 saturated carbocycles. The lowest BCUT2D eigenvalue weighted by Gasteiger charge is -2.17. The highest BCUT2D eigenvalue weighted by Crippen LogP contribution is 2.31. The third-order valence-corrected chi connectivity index (χ3v) is 5.56. The topological polar surface area (TPSA) is 77.5 Å². The van der Waals surface area contributed by atoms with Gasteiger partial charge in [0.1, 0.15) is 11.8 Å². The van der Waals surface area contributed by atoms with Crippen LogP contribution < -0.4 is 10.1 Å². The molecule has 1 atom stereocenters. The van der Waals surface area contributed by atoms with E-state index in [9.17, 15) is 9.59 Å². The van der Waals surface area contributed by atoms with Crippen molar-refractivity contribution in [3.63, 3.8) is 0 Å². The number of methoxy groups -OCH3 is 1. The van der Waals surface area contributed by atoms with E-state index in [1.54, 1.807) is 24.3 Å². The molecule has 3 rings (SSSR count). The van der Waals surface area contributed by atoms with Gasteiger partial charge in [-0.3, -0.25) is 9.78 Å². The van der Waals surface area contributed by atoms with Crippen molar-refractivity contribution in [2.45, 2.75) is 24.8 Å². The number of ether oxygens (including phenoxy) is 2. The van der Waals surface area contributed by atoms with Gasteiger partial charge in [0.05, 0.1) is 19.2 Å². The fraction of sp³-hybridized carbons (Fsp3) is 0.261. The van der Waals surface area contributed by atoms with Crippen molar-refractivity contribution >= 4 is 34.5 Å². The van der Waals surface area contributed by atoms with Crippen LogP contribution in [0.3, 0.4) is 0 Å². The van der Waals surface area contributed by atoms with Crippen molar-refractivity contribution in [1.82, 2.24) is 10.3 Å². The molecule has 30 heavy (non-hydrogen) atoms. The number of hydrogen-bond donors (Lipinski definition) is 1. The first-order valence-electron chi connectivity index (χ1n) is 9.62. The second kappa shape index (κ2) is 10.1. The molecule has 0 aliphatic rings. The molecule has 7 heteroatoms. The average Bonchev–Trinajstić information content (AvgIpc) is 2.76. The normalized spacial score (nSPS) is 11.7. The van der Waals surface area contributed by atoms with E-state index in [-0.39, 0.29) is 5.91 Å². The van der Waals surface area contributed by atoms with Crippen molar-refractivity contribution < 1.29 is 19.1 Å². The first kappa shape index (κ1) is 21.6. The molecule has 1 N–H and O–H groups in total. The third-order valence-electron chi connectivity index (χ3n) is 4.41. The molecule has 1 unspecified atom stereocenters. The molecule has 0 spiro atoms. The number of carbonyl (C=O) groups is 2. The molecule has 3 aromatic rings. The predicted molar refractivity (Wildman–Crippen MR) is 118 cm³/mol. The summed E-state index contributed by atoms with van der Waals surface area (Å²) in [4.78, 5) is 30.3. The largest absolute Gasteiger partial charge is 0.494 e. The van der Waals surface area contributed by atoms with Crippen LogP contribution in [-0.2, 0) is 9.53 Å². The van der Waals surface area contributed by atoms with E-state index in [4.69, 9.17) is 9.47 Å². The zero-order chi connectivity index (χ0) is 21.5. The van der Waals surface area contributed by atoms with E-state index in [2.05, 4.69) is 10.3 Å². The highest BCUT2D eigenvalue weighted by Gasteiger charge is 2.23. The molecule has 0 radical (unpaired) electrons. The maximum atomic E-state index is 12.5. The average molecular weight is 425 g/mol. The van der Waals surface area contributed by atoms with E-state index >= 15 is 0 Å². The van der Waals surface area contributed by atoms with E-state index in [1.807, 2.05) is 44.2 Å². The van der Waals surface area contributed by atoms with Crippen LogP contribution in [0, 0.1) is 6.92 Å². The Morgan fingerprint density at radius 2 is 1.90 bits per heavy atom. The van der Waals surface area contributed by atoms with E-state index in [1.165, 1.54) is 18.9 Å². The van der Waals surface area contributed by atoms with Gasteiger partial charge in [-0.15, -0.1) is 11.8 Å². The van der Waals surface area contributed by atoms with E-state index < -0.39 is 12.0 Å². The summed E-state index contributed by atoms with van der Waals surface area (Å²) >= 11 is 1.47. The first-order chi connectivity index (χ1) is 14.5. The summed E-state index contributed by atoms with van der Waals surface area (Å²) in [5.41, 5.74) is 2.21. The number of hydrogen-bond acceptors (Lipinski definition) is 6. The SMILES string of the molecule is CCOc1ccc2nc(C)cc(SCC(NC(=O)c3ccccc3)C(=O)OC)c2c1. The fourth-order valence-electron chi connectivity index (χ4n) is 2.99. The smallest absolute Gasteiger partial charge is 0.329 e. The number of nitrogens with zero attached hydrogens (tertiary/aromatic N) is 1. The number of carbonyl (C=O) groups excluding carboxylic acids is 2. The maximum absolute atomic E-state index is 12.5. The van der Waals surface area contributed by atoms with Gasteiger partial charge in [0, 0.05) is 27.3 Å². The van der Waals surface area contributed by atoms with Crippen LogP contribution in [0.25, 0.3) is 10.9 Å². The van der Waals surface area contributed by atoms with E-state index in [0.717, 1.165) is 27.2 Å². The molecular formula is C23H24N2O4S. The molecule has 0 fully saturated rings. The van der Waals surface area contributed by atoms with Gasteiger partial charge in [0.25, 0.3) is 5.91 Å². The third kappa shape index (κ3) is 5.30.